The molecule has 0 radical (unpaired) electrons. The van der Waals surface area contributed by atoms with Gasteiger partial charge in [0.1, 0.15) is 6.04 Å². The quantitative estimate of drug-likeness (QED) is 0.589. The molecule has 96 valence electrons. The first-order chi connectivity index (χ1) is 8.09. The zero-order chi connectivity index (χ0) is 12.4. The first-order valence-corrected chi connectivity index (χ1v) is 6.09. The molecular weight excluding hydrogens is 222 g/mol. The van der Waals surface area contributed by atoms with E-state index >= 15 is 0 Å². The van der Waals surface area contributed by atoms with Crippen LogP contribution in [-0.2, 0) is 9.59 Å². The molecule has 0 spiro atoms. The Morgan fingerprint density at radius 2 is 2.18 bits per heavy atom. The normalized spacial score (nSPS) is 27.5. The Morgan fingerprint density at radius 1 is 1.47 bits per heavy atom. The van der Waals surface area contributed by atoms with Gasteiger partial charge in [-0.05, 0) is 19.8 Å². The van der Waals surface area contributed by atoms with Crippen LogP contribution in [0, 0.1) is 0 Å². The van der Waals surface area contributed by atoms with E-state index in [1.807, 2.05) is 0 Å². The van der Waals surface area contributed by atoms with Crippen LogP contribution in [0.25, 0.3) is 0 Å². The van der Waals surface area contributed by atoms with Crippen molar-refractivity contribution in [1.29, 1.82) is 0 Å². The molecule has 2 aliphatic rings. The van der Waals surface area contributed by atoms with Gasteiger partial charge < -0.3 is 15.7 Å². The number of carbonyl (C=O) groups is 2. The summed E-state index contributed by atoms with van der Waals surface area (Å²) in [6.45, 7) is 3.50. The molecule has 2 rings (SSSR count). The topological polar surface area (TPSA) is 81.7 Å². The average molecular weight is 241 g/mol. The summed E-state index contributed by atoms with van der Waals surface area (Å²) in [5, 5.41) is 15.1. The second-order valence-corrected chi connectivity index (χ2v) is 4.75. The van der Waals surface area contributed by atoms with E-state index in [0.717, 1.165) is 19.4 Å². The van der Waals surface area contributed by atoms with Crippen LogP contribution in [0.2, 0.25) is 0 Å². The number of amides is 1. The highest BCUT2D eigenvalue weighted by Gasteiger charge is 2.35. The number of piperazine rings is 1. The molecule has 1 saturated carbocycles. The minimum absolute atomic E-state index is 0.0550. The molecule has 1 aliphatic heterocycles. The first-order valence-electron chi connectivity index (χ1n) is 6.09. The lowest BCUT2D eigenvalue weighted by molar-refractivity contribution is -0.146. The molecule has 2 unspecified atom stereocenters. The maximum absolute atomic E-state index is 11.9. The lowest BCUT2D eigenvalue weighted by Gasteiger charge is -2.37. The lowest BCUT2D eigenvalue weighted by Crippen LogP contribution is -2.60. The summed E-state index contributed by atoms with van der Waals surface area (Å²) in [6, 6.07) is -0.668. The van der Waals surface area contributed by atoms with Crippen molar-refractivity contribution in [2.24, 2.45) is 0 Å². The maximum Gasteiger partial charge on any atom is 0.322 e. The predicted octanol–water partition coefficient (Wildman–Crippen LogP) is -0.988. The Labute approximate surface area is 100 Å². The van der Waals surface area contributed by atoms with Crippen LogP contribution in [0.1, 0.15) is 19.8 Å². The number of hydrogen-bond acceptors (Lipinski definition) is 4. The van der Waals surface area contributed by atoms with Crippen molar-refractivity contribution in [3.8, 4) is 0 Å². The fourth-order valence-corrected chi connectivity index (χ4v) is 2.11. The van der Waals surface area contributed by atoms with E-state index in [1.54, 1.807) is 11.8 Å². The molecule has 0 aromatic carbocycles. The molecule has 1 heterocycles. The van der Waals surface area contributed by atoms with Gasteiger partial charge in [-0.2, -0.15) is 0 Å². The zero-order valence-corrected chi connectivity index (χ0v) is 9.98. The fraction of sp³-hybridized carbons (Fsp3) is 0.818. The summed E-state index contributed by atoms with van der Waals surface area (Å²) in [4.78, 5) is 24.8. The molecule has 17 heavy (non-hydrogen) atoms. The van der Waals surface area contributed by atoms with E-state index in [2.05, 4.69) is 10.6 Å². The summed E-state index contributed by atoms with van der Waals surface area (Å²) in [7, 11) is 0. The summed E-state index contributed by atoms with van der Waals surface area (Å²) in [5.74, 6) is -0.927. The van der Waals surface area contributed by atoms with Crippen LogP contribution < -0.4 is 10.6 Å². The van der Waals surface area contributed by atoms with E-state index in [9.17, 15) is 9.59 Å². The van der Waals surface area contributed by atoms with Crippen LogP contribution in [0.5, 0.6) is 0 Å². The molecule has 0 aromatic rings. The molecule has 0 aromatic heterocycles. The first kappa shape index (κ1) is 12.3. The Bertz CT molecular complexity index is 317. The average Bonchev–Trinajstić information content (AvgIpc) is 3.11. The highest BCUT2D eigenvalue weighted by molar-refractivity contribution is 5.83. The smallest absolute Gasteiger partial charge is 0.322 e. The standard InChI is InChI=1S/C11H19N3O3/c1-7(10(15)13-8-2-3-8)14-5-4-12-6-9(14)11(16)17/h7-9,12H,2-6H2,1H3,(H,13,15)(H,16,17). The number of hydrogen-bond donors (Lipinski definition) is 3. The number of carboxylic acids is 1. The van der Waals surface area contributed by atoms with Gasteiger partial charge >= 0.3 is 5.97 Å². The van der Waals surface area contributed by atoms with Gasteiger partial charge in [0.25, 0.3) is 0 Å². The second kappa shape index (κ2) is 5.01. The van der Waals surface area contributed by atoms with Gasteiger partial charge in [0.15, 0.2) is 0 Å². The number of nitrogens with one attached hydrogen (secondary N) is 2. The molecular formula is C11H19N3O3. The van der Waals surface area contributed by atoms with Crippen LogP contribution in [0.4, 0.5) is 0 Å². The largest absolute Gasteiger partial charge is 0.480 e. The van der Waals surface area contributed by atoms with E-state index in [-0.39, 0.29) is 11.9 Å². The third kappa shape index (κ3) is 2.95. The second-order valence-electron chi connectivity index (χ2n) is 4.75. The monoisotopic (exact) mass is 241 g/mol. The van der Waals surface area contributed by atoms with Crippen LogP contribution in [0.15, 0.2) is 0 Å². The Balaban J connectivity index is 1.96. The van der Waals surface area contributed by atoms with Gasteiger partial charge in [0, 0.05) is 25.7 Å². The molecule has 1 amide bonds. The zero-order valence-electron chi connectivity index (χ0n) is 9.98. The van der Waals surface area contributed by atoms with Crippen molar-refractivity contribution >= 4 is 11.9 Å². The molecule has 0 bridgehead atoms. The van der Waals surface area contributed by atoms with E-state index in [0.29, 0.717) is 19.1 Å². The minimum Gasteiger partial charge on any atom is -0.480 e. The van der Waals surface area contributed by atoms with Gasteiger partial charge in [-0.15, -0.1) is 0 Å². The number of aliphatic carboxylic acids is 1. The highest BCUT2D eigenvalue weighted by Crippen LogP contribution is 2.19. The Kier molecular flexibility index (Phi) is 3.63. The number of carboxylic acid groups (broad SMARTS) is 1. The maximum atomic E-state index is 11.9. The third-order valence-corrected chi connectivity index (χ3v) is 3.37. The van der Waals surface area contributed by atoms with Crippen LogP contribution >= 0.6 is 0 Å². The number of rotatable bonds is 4. The molecule has 1 aliphatic carbocycles. The van der Waals surface area contributed by atoms with Gasteiger partial charge in [0.2, 0.25) is 5.91 Å². The fourth-order valence-electron chi connectivity index (χ4n) is 2.11. The molecule has 3 N–H and O–H groups in total. The Hall–Kier alpha value is -1.14. The van der Waals surface area contributed by atoms with Gasteiger partial charge in [-0.3, -0.25) is 14.5 Å². The van der Waals surface area contributed by atoms with Crippen molar-refractivity contribution in [1.82, 2.24) is 15.5 Å². The molecule has 2 atom stereocenters. The van der Waals surface area contributed by atoms with Crippen molar-refractivity contribution in [3.63, 3.8) is 0 Å². The molecule has 2 fully saturated rings. The van der Waals surface area contributed by atoms with Gasteiger partial charge in [0.05, 0.1) is 6.04 Å². The molecule has 1 saturated heterocycles. The molecule has 6 nitrogen and oxygen atoms in total. The highest BCUT2D eigenvalue weighted by atomic mass is 16.4. The molecule has 6 heteroatoms. The summed E-state index contributed by atoms with van der Waals surface area (Å²) in [5.41, 5.74) is 0. The van der Waals surface area contributed by atoms with Gasteiger partial charge in [-0.25, -0.2) is 0 Å². The SMILES string of the molecule is CC(C(=O)NC1CC1)N1CCNCC1C(=O)O. The lowest BCUT2D eigenvalue weighted by atomic mass is 10.1. The van der Waals surface area contributed by atoms with Crippen molar-refractivity contribution in [2.45, 2.75) is 37.9 Å². The van der Waals surface area contributed by atoms with E-state index < -0.39 is 12.0 Å². The van der Waals surface area contributed by atoms with Crippen molar-refractivity contribution in [2.75, 3.05) is 19.6 Å². The third-order valence-electron chi connectivity index (χ3n) is 3.37. The van der Waals surface area contributed by atoms with E-state index in [1.165, 1.54) is 0 Å². The Morgan fingerprint density at radius 3 is 2.76 bits per heavy atom. The van der Waals surface area contributed by atoms with Crippen LogP contribution in [0.3, 0.4) is 0 Å². The predicted molar refractivity (Wildman–Crippen MR) is 61.6 cm³/mol. The van der Waals surface area contributed by atoms with Crippen molar-refractivity contribution < 1.29 is 14.7 Å². The number of nitrogens with zero attached hydrogens (tertiary/aromatic N) is 1. The van der Waals surface area contributed by atoms with Gasteiger partial charge in [-0.1, -0.05) is 0 Å². The number of carbonyl (C=O) groups excluding carboxylic acids is 1. The summed E-state index contributed by atoms with van der Waals surface area (Å²) in [6.07, 6.45) is 2.09. The van der Waals surface area contributed by atoms with E-state index in [4.69, 9.17) is 5.11 Å². The van der Waals surface area contributed by atoms with Crippen molar-refractivity contribution in [3.05, 3.63) is 0 Å². The van der Waals surface area contributed by atoms with Crippen LogP contribution in [-0.4, -0.2) is 59.6 Å². The summed E-state index contributed by atoms with van der Waals surface area (Å²) >= 11 is 0. The minimum atomic E-state index is -0.872. The summed E-state index contributed by atoms with van der Waals surface area (Å²) < 4.78 is 0.